The van der Waals surface area contributed by atoms with Crippen LogP contribution < -0.4 is 0 Å². The molecule has 0 atom stereocenters. The highest BCUT2D eigenvalue weighted by molar-refractivity contribution is 5.74. The third-order valence-electron chi connectivity index (χ3n) is 4.63. The molecule has 5 rings (SSSR count). The summed E-state index contributed by atoms with van der Waals surface area (Å²) in [6.07, 6.45) is 14.3. The second kappa shape index (κ2) is 5.69. The lowest BCUT2D eigenvalue weighted by molar-refractivity contribution is 0.558. The number of hydrogen-bond donors (Lipinski definition) is 1. The second-order valence-corrected chi connectivity index (χ2v) is 6.01. The standard InChI is InChI=1S/C18H13N7O/c1-4-18(15-2-5-19-9-21-15,16-3-6-20-10-22-16)7-13-12(1)17(25-24-13)14-8-26-11-23-14/h1-6,8-11H,7H2,(H,24,25). The number of fused-ring (bicyclic) bond motifs is 1. The van der Waals surface area contributed by atoms with Crippen molar-refractivity contribution in [3.8, 4) is 11.4 Å². The van der Waals surface area contributed by atoms with Crippen molar-refractivity contribution in [1.82, 2.24) is 35.1 Å². The molecule has 0 unspecified atom stereocenters. The summed E-state index contributed by atoms with van der Waals surface area (Å²) >= 11 is 0. The quantitative estimate of drug-likeness (QED) is 0.607. The van der Waals surface area contributed by atoms with Crippen LogP contribution in [0.4, 0.5) is 0 Å². The van der Waals surface area contributed by atoms with E-state index in [0.717, 1.165) is 28.3 Å². The van der Waals surface area contributed by atoms with Gasteiger partial charge >= 0.3 is 0 Å². The Labute approximate surface area is 148 Å². The molecule has 0 spiro atoms. The van der Waals surface area contributed by atoms with Crippen molar-refractivity contribution in [2.75, 3.05) is 0 Å². The molecule has 8 nitrogen and oxygen atoms in total. The maximum atomic E-state index is 5.09. The van der Waals surface area contributed by atoms with Crippen LogP contribution in [0.2, 0.25) is 0 Å². The minimum atomic E-state index is -0.521. The van der Waals surface area contributed by atoms with Crippen molar-refractivity contribution in [1.29, 1.82) is 0 Å². The summed E-state index contributed by atoms with van der Waals surface area (Å²) in [5.74, 6) is 0. The van der Waals surface area contributed by atoms with Crippen molar-refractivity contribution in [3.63, 3.8) is 0 Å². The highest BCUT2D eigenvalue weighted by atomic mass is 16.3. The third-order valence-corrected chi connectivity index (χ3v) is 4.63. The van der Waals surface area contributed by atoms with E-state index >= 15 is 0 Å². The Kier molecular flexibility index (Phi) is 3.21. The minimum Gasteiger partial charge on any atom is -0.451 e. The Balaban J connectivity index is 1.67. The maximum Gasteiger partial charge on any atom is 0.181 e. The van der Waals surface area contributed by atoms with Crippen molar-refractivity contribution in [2.45, 2.75) is 11.8 Å². The first-order chi connectivity index (χ1) is 12.9. The van der Waals surface area contributed by atoms with Gasteiger partial charge in [0.05, 0.1) is 16.8 Å². The highest BCUT2D eigenvalue weighted by Gasteiger charge is 2.39. The zero-order valence-electron chi connectivity index (χ0n) is 13.6. The van der Waals surface area contributed by atoms with Crippen LogP contribution in [0, 0.1) is 0 Å². The van der Waals surface area contributed by atoms with E-state index < -0.39 is 5.41 Å². The average molecular weight is 343 g/mol. The van der Waals surface area contributed by atoms with Crippen LogP contribution in [0.5, 0.6) is 0 Å². The molecular weight excluding hydrogens is 330 g/mol. The number of aromatic nitrogens is 7. The lowest BCUT2D eigenvalue weighted by Gasteiger charge is -2.31. The summed E-state index contributed by atoms with van der Waals surface area (Å²) in [5, 5.41) is 7.57. The van der Waals surface area contributed by atoms with Gasteiger partial charge in [0, 0.05) is 30.1 Å². The topological polar surface area (TPSA) is 106 Å². The average Bonchev–Trinajstić information content (AvgIpc) is 3.38. The van der Waals surface area contributed by atoms with Crippen LogP contribution in [-0.4, -0.2) is 35.1 Å². The summed E-state index contributed by atoms with van der Waals surface area (Å²) in [6.45, 7) is 0. The predicted molar refractivity (Wildman–Crippen MR) is 91.7 cm³/mol. The summed E-state index contributed by atoms with van der Waals surface area (Å²) in [4.78, 5) is 21.3. The molecule has 0 saturated heterocycles. The summed E-state index contributed by atoms with van der Waals surface area (Å²) in [7, 11) is 0. The fourth-order valence-electron chi connectivity index (χ4n) is 3.38. The van der Waals surface area contributed by atoms with Crippen LogP contribution in [0.25, 0.3) is 17.5 Å². The minimum absolute atomic E-state index is 0.521. The van der Waals surface area contributed by atoms with Gasteiger partial charge in [-0.25, -0.2) is 24.9 Å². The number of nitrogens with one attached hydrogen (secondary N) is 1. The largest absolute Gasteiger partial charge is 0.451 e. The van der Waals surface area contributed by atoms with E-state index in [2.05, 4.69) is 41.2 Å². The highest BCUT2D eigenvalue weighted by Crippen LogP contribution is 2.41. The first-order valence-electron chi connectivity index (χ1n) is 8.05. The van der Waals surface area contributed by atoms with Crippen LogP contribution >= 0.6 is 0 Å². The lowest BCUT2D eigenvalue weighted by atomic mass is 9.73. The number of nitrogens with zero attached hydrogens (tertiary/aromatic N) is 6. The Hall–Kier alpha value is -3.68. The zero-order chi connectivity index (χ0) is 17.4. The number of hydrogen-bond acceptors (Lipinski definition) is 7. The van der Waals surface area contributed by atoms with Crippen LogP contribution in [-0.2, 0) is 11.8 Å². The summed E-state index contributed by atoms with van der Waals surface area (Å²) in [5.41, 5.74) is 4.66. The summed E-state index contributed by atoms with van der Waals surface area (Å²) < 4.78 is 5.09. The number of allylic oxidation sites excluding steroid dienone is 1. The molecule has 0 aromatic carbocycles. The van der Waals surface area contributed by atoms with Crippen molar-refractivity contribution < 1.29 is 4.42 Å². The monoisotopic (exact) mass is 343 g/mol. The smallest absolute Gasteiger partial charge is 0.181 e. The number of oxazole rings is 1. The number of rotatable bonds is 3. The zero-order valence-corrected chi connectivity index (χ0v) is 13.6. The second-order valence-electron chi connectivity index (χ2n) is 6.01. The van der Waals surface area contributed by atoms with Gasteiger partial charge in [0.1, 0.15) is 30.3 Å². The van der Waals surface area contributed by atoms with Gasteiger partial charge in [0.25, 0.3) is 0 Å². The van der Waals surface area contributed by atoms with Crippen LogP contribution in [0.1, 0.15) is 22.6 Å². The molecule has 0 bridgehead atoms. The van der Waals surface area contributed by atoms with E-state index in [4.69, 9.17) is 4.42 Å². The molecule has 1 aliphatic carbocycles. The molecule has 4 aromatic rings. The lowest BCUT2D eigenvalue weighted by Crippen LogP contribution is -2.32. The molecule has 4 heterocycles. The van der Waals surface area contributed by atoms with Gasteiger partial charge in [-0.1, -0.05) is 12.2 Å². The fourth-order valence-corrected chi connectivity index (χ4v) is 3.38. The van der Waals surface area contributed by atoms with Crippen LogP contribution in [0.15, 0.2) is 60.3 Å². The van der Waals surface area contributed by atoms with Gasteiger partial charge in [-0.3, -0.25) is 5.10 Å². The van der Waals surface area contributed by atoms with Gasteiger partial charge < -0.3 is 4.42 Å². The molecule has 1 aliphatic rings. The Morgan fingerprint density at radius 3 is 2.38 bits per heavy atom. The first-order valence-corrected chi connectivity index (χ1v) is 8.05. The first kappa shape index (κ1) is 14.6. The van der Waals surface area contributed by atoms with Crippen molar-refractivity contribution in [3.05, 3.63) is 78.6 Å². The Morgan fingerprint density at radius 1 is 1.00 bits per heavy atom. The van der Waals surface area contributed by atoms with E-state index in [1.807, 2.05) is 18.2 Å². The van der Waals surface area contributed by atoms with E-state index in [1.165, 1.54) is 6.39 Å². The van der Waals surface area contributed by atoms with E-state index in [-0.39, 0.29) is 0 Å². The van der Waals surface area contributed by atoms with Crippen molar-refractivity contribution in [2.24, 2.45) is 0 Å². The Morgan fingerprint density at radius 2 is 1.77 bits per heavy atom. The summed E-state index contributed by atoms with van der Waals surface area (Å²) in [6, 6.07) is 3.82. The third kappa shape index (κ3) is 2.16. The van der Waals surface area contributed by atoms with Gasteiger partial charge in [-0.2, -0.15) is 5.10 Å². The number of H-pyrrole nitrogens is 1. The molecule has 0 saturated carbocycles. The molecule has 0 aliphatic heterocycles. The number of aromatic amines is 1. The molecule has 4 aromatic heterocycles. The Bertz CT molecular complexity index is 1020. The molecule has 126 valence electrons. The predicted octanol–water partition coefficient (Wildman–Crippen LogP) is 2.20. The normalized spacial score (nSPS) is 14.9. The van der Waals surface area contributed by atoms with Gasteiger partial charge in [0.15, 0.2) is 6.39 Å². The van der Waals surface area contributed by atoms with Crippen molar-refractivity contribution >= 4 is 6.08 Å². The van der Waals surface area contributed by atoms with E-state index in [0.29, 0.717) is 12.1 Å². The molecule has 0 radical (unpaired) electrons. The SMILES string of the molecule is C1=CC(c2ccncn2)(c2ccncn2)Cc2[nH]nc(-c3cocn3)c21. The molecule has 0 fully saturated rings. The van der Waals surface area contributed by atoms with E-state index in [1.54, 1.807) is 31.3 Å². The molecule has 0 amide bonds. The van der Waals surface area contributed by atoms with Gasteiger partial charge in [-0.05, 0) is 12.1 Å². The van der Waals surface area contributed by atoms with E-state index in [9.17, 15) is 0 Å². The molecule has 8 heteroatoms. The van der Waals surface area contributed by atoms with Gasteiger partial charge in [0.2, 0.25) is 0 Å². The van der Waals surface area contributed by atoms with Crippen LogP contribution in [0.3, 0.4) is 0 Å². The molecule has 1 N–H and O–H groups in total. The molecular formula is C18H13N7O. The molecule has 26 heavy (non-hydrogen) atoms. The fraction of sp³-hybridized carbons (Fsp3) is 0.111. The van der Waals surface area contributed by atoms with Gasteiger partial charge in [-0.15, -0.1) is 0 Å². The maximum absolute atomic E-state index is 5.09.